The minimum atomic E-state index is -3.35. The van der Waals surface area contributed by atoms with E-state index < -0.39 is 10.0 Å². The zero-order chi connectivity index (χ0) is 19.4. The molecule has 140 valence electrons. The zero-order valence-electron chi connectivity index (χ0n) is 14.7. The quantitative estimate of drug-likeness (QED) is 0.659. The number of anilines is 1. The number of benzene rings is 2. The fraction of sp³-hybridized carbons (Fsp3) is 0.176. The highest BCUT2D eigenvalue weighted by molar-refractivity contribution is 7.92. The predicted molar refractivity (Wildman–Crippen MR) is 100.0 cm³/mol. The van der Waals surface area contributed by atoms with Crippen molar-refractivity contribution in [3.05, 3.63) is 65.5 Å². The Kier molecular flexibility index (Phi) is 5.17. The van der Waals surface area contributed by atoms with E-state index in [1.54, 1.807) is 42.5 Å². The number of hydrogen-bond donors (Lipinski definition) is 2. The fourth-order valence-electron chi connectivity index (χ4n) is 2.57. The highest BCUT2D eigenvalue weighted by atomic mass is 32.2. The first-order valence-electron chi connectivity index (χ1n) is 8.01. The van der Waals surface area contributed by atoms with E-state index in [0.29, 0.717) is 11.3 Å². The lowest BCUT2D eigenvalue weighted by atomic mass is 10.1. The number of tetrazole rings is 1. The molecule has 0 spiro atoms. The van der Waals surface area contributed by atoms with E-state index in [4.69, 9.17) is 0 Å². The van der Waals surface area contributed by atoms with Crippen LogP contribution in [-0.4, -0.2) is 40.8 Å². The molecule has 27 heavy (non-hydrogen) atoms. The molecule has 0 unspecified atom stereocenters. The van der Waals surface area contributed by atoms with Gasteiger partial charge in [-0.25, -0.2) is 13.1 Å². The van der Waals surface area contributed by atoms with Crippen molar-refractivity contribution in [2.75, 3.05) is 11.0 Å². The summed E-state index contributed by atoms with van der Waals surface area (Å²) in [6, 6.07) is 12.1. The fourth-order valence-corrected chi connectivity index (χ4v) is 3.12. The number of amides is 1. The Morgan fingerprint density at radius 2 is 2.00 bits per heavy atom. The maximum absolute atomic E-state index is 12.4. The molecule has 9 nitrogen and oxygen atoms in total. The molecule has 10 heteroatoms. The molecule has 0 aliphatic heterocycles. The van der Waals surface area contributed by atoms with Crippen molar-refractivity contribution in [3.63, 3.8) is 0 Å². The van der Waals surface area contributed by atoms with Crippen molar-refractivity contribution in [2.45, 2.75) is 13.5 Å². The van der Waals surface area contributed by atoms with Gasteiger partial charge in [0.15, 0.2) is 0 Å². The molecule has 0 bridgehead atoms. The monoisotopic (exact) mass is 386 g/mol. The van der Waals surface area contributed by atoms with E-state index in [2.05, 4.69) is 25.6 Å². The molecular formula is C17H18N6O3S. The van der Waals surface area contributed by atoms with E-state index in [1.807, 2.05) is 6.92 Å². The number of nitrogens with zero attached hydrogens (tertiary/aromatic N) is 4. The number of rotatable bonds is 6. The lowest BCUT2D eigenvalue weighted by molar-refractivity contribution is 0.0951. The third-order valence-corrected chi connectivity index (χ3v) is 4.34. The third kappa shape index (κ3) is 4.88. The van der Waals surface area contributed by atoms with Crippen LogP contribution in [0.2, 0.25) is 0 Å². The van der Waals surface area contributed by atoms with Crippen LogP contribution in [0.15, 0.2) is 48.8 Å². The smallest absolute Gasteiger partial charge is 0.251 e. The van der Waals surface area contributed by atoms with E-state index in [-0.39, 0.29) is 12.5 Å². The topological polar surface area (TPSA) is 119 Å². The summed E-state index contributed by atoms with van der Waals surface area (Å²) in [5, 5.41) is 13.9. The molecule has 0 atom stereocenters. The number of aryl methyl sites for hydroxylation is 1. The summed E-state index contributed by atoms with van der Waals surface area (Å²) in [5.41, 5.74) is 3.38. The number of aromatic nitrogens is 4. The number of carbonyl (C=O) groups is 1. The molecular weight excluding hydrogens is 368 g/mol. The van der Waals surface area contributed by atoms with Crippen LogP contribution < -0.4 is 10.0 Å². The molecule has 0 radical (unpaired) electrons. The Bertz CT molecular complexity index is 1060. The zero-order valence-corrected chi connectivity index (χ0v) is 15.6. The molecule has 2 aromatic carbocycles. The van der Waals surface area contributed by atoms with Crippen molar-refractivity contribution in [1.29, 1.82) is 0 Å². The standard InChI is InChI=1S/C17H18N6O3S/c1-12-8-14(6-7-16(12)23-11-19-21-22-23)17(24)18-10-13-4-3-5-15(9-13)20-27(2,25)26/h3-9,11,20H,10H2,1-2H3,(H,18,24). The van der Waals surface area contributed by atoms with Gasteiger partial charge in [-0.05, 0) is 58.8 Å². The van der Waals surface area contributed by atoms with Gasteiger partial charge < -0.3 is 5.32 Å². The first-order chi connectivity index (χ1) is 12.8. The van der Waals surface area contributed by atoms with Crippen molar-refractivity contribution in [2.24, 2.45) is 0 Å². The van der Waals surface area contributed by atoms with Gasteiger partial charge in [-0.2, -0.15) is 0 Å². The van der Waals surface area contributed by atoms with Crippen LogP contribution in [0.3, 0.4) is 0 Å². The largest absolute Gasteiger partial charge is 0.348 e. The molecule has 3 aromatic rings. The maximum atomic E-state index is 12.4. The normalized spacial score (nSPS) is 11.2. The van der Waals surface area contributed by atoms with Crippen LogP contribution in [0.1, 0.15) is 21.5 Å². The third-order valence-electron chi connectivity index (χ3n) is 3.74. The van der Waals surface area contributed by atoms with E-state index in [0.717, 1.165) is 23.1 Å². The van der Waals surface area contributed by atoms with Gasteiger partial charge in [-0.3, -0.25) is 9.52 Å². The summed E-state index contributed by atoms with van der Waals surface area (Å²) in [6.07, 6.45) is 2.57. The van der Waals surface area contributed by atoms with Gasteiger partial charge in [-0.1, -0.05) is 12.1 Å². The van der Waals surface area contributed by atoms with Gasteiger partial charge in [0.1, 0.15) is 6.33 Å². The van der Waals surface area contributed by atoms with Crippen molar-refractivity contribution < 1.29 is 13.2 Å². The van der Waals surface area contributed by atoms with Gasteiger partial charge >= 0.3 is 0 Å². The van der Waals surface area contributed by atoms with Crippen LogP contribution in [0.5, 0.6) is 0 Å². The minimum Gasteiger partial charge on any atom is -0.348 e. The molecule has 0 aliphatic rings. The SMILES string of the molecule is Cc1cc(C(=O)NCc2cccc(NS(C)(=O)=O)c2)ccc1-n1cnnn1. The Hall–Kier alpha value is -3.27. The summed E-state index contributed by atoms with van der Waals surface area (Å²) in [4.78, 5) is 12.4. The molecule has 1 heterocycles. The molecule has 2 N–H and O–H groups in total. The van der Waals surface area contributed by atoms with Crippen molar-refractivity contribution in [1.82, 2.24) is 25.5 Å². The second-order valence-electron chi connectivity index (χ2n) is 6.01. The minimum absolute atomic E-state index is 0.233. The maximum Gasteiger partial charge on any atom is 0.251 e. The summed E-state index contributed by atoms with van der Waals surface area (Å²) in [6.45, 7) is 2.14. The number of carbonyl (C=O) groups excluding carboxylic acids is 1. The summed E-state index contributed by atoms with van der Waals surface area (Å²) in [5.74, 6) is -0.233. The second-order valence-corrected chi connectivity index (χ2v) is 7.76. The first-order valence-corrected chi connectivity index (χ1v) is 9.90. The lowest BCUT2D eigenvalue weighted by Crippen LogP contribution is -2.23. The van der Waals surface area contributed by atoms with Crippen molar-refractivity contribution >= 4 is 21.6 Å². The lowest BCUT2D eigenvalue weighted by Gasteiger charge is -2.10. The number of nitrogens with one attached hydrogen (secondary N) is 2. The van der Waals surface area contributed by atoms with Gasteiger partial charge in [0.25, 0.3) is 5.91 Å². The highest BCUT2D eigenvalue weighted by Gasteiger charge is 2.10. The summed E-state index contributed by atoms with van der Waals surface area (Å²) >= 11 is 0. The van der Waals surface area contributed by atoms with Gasteiger partial charge in [0.2, 0.25) is 10.0 Å². The Morgan fingerprint density at radius 3 is 2.67 bits per heavy atom. The average Bonchev–Trinajstić information content (AvgIpc) is 3.12. The number of sulfonamides is 1. The van der Waals surface area contributed by atoms with Crippen LogP contribution in [-0.2, 0) is 16.6 Å². The molecule has 0 fully saturated rings. The van der Waals surface area contributed by atoms with Crippen molar-refractivity contribution in [3.8, 4) is 5.69 Å². The van der Waals surface area contributed by atoms with Gasteiger partial charge in [0, 0.05) is 17.8 Å². The average molecular weight is 386 g/mol. The van der Waals surface area contributed by atoms with E-state index in [9.17, 15) is 13.2 Å². The van der Waals surface area contributed by atoms with Gasteiger partial charge in [-0.15, -0.1) is 5.10 Å². The second kappa shape index (κ2) is 7.54. The summed E-state index contributed by atoms with van der Waals surface area (Å²) < 4.78 is 26.6. The molecule has 3 rings (SSSR count). The van der Waals surface area contributed by atoms with Crippen LogP contribution in [0, 0.1) is 6.92 Å². The molecule has 0 saturated heterocycles. The summed E-state index contributed by atoms with van der Waals surface area (Å²) in [7, 11) is -3.35. The highest BCUT2D eigenvalue weighted by Crippen LogP contribution is 2.15. The predicted octanol–water partition coefficient (Wildman–Crippen LogP) is 1.27. The number of hydrogen-bond acceptors (Lipinski definition) is 6. The van der Waals surface area contributed by atoms with Gasteiger partial charge in [0.05, 0.1) is 11.9 Å². The van der Waals surface area contributed by atoms with Crippen LogP contribution in [0.25, 0.3) is 5.69 Å². The molecule has 1 aromatic heterocycles. The Labute approximate surface area is 156 Å². The molecule has 0 saturated carbocycles. The van der Waals surface area contributed by atoms with E-state index in [1.165, 1.54) is 11.0 Å². The van der Waals surface area contributed by atoms with E-state index >= 15 is 0 Å². The van der Waals surface area contributed by atoms with Crippen LogP contribution >= 0.6 is 0 Å². The molecule has 0 aliphatic carbocycles. The Morgan fingerprint density at radius 1 is 1.19 bits per heavy atom. The van der Waals surface area contributed by atoms with Crippen LogP contribution in [0.4, 0.5) is 5.69 Å². The Balaban J connectivity index is 1.68. The molecule has 1 amide bonds. The first kappa shape index (κ1) is 18.5.